The van der Waals surface area contributed by atoms with E-state index in [1.165, 1.54) is 96.3 Å². The summed E-state index contributed by atoms with van der Waals surface area (Å²) in [6.45, 7) is 3.35. The van der Waals surface area contributed by atoms with Crippen molar-refractivity contribution in [1.82, 2.24) is 0 Å². The molecule has 2 aliphatic heterocycles. The van der Waals surface area contributed by atoms with Crippen LogP contribution in [0, 0.1) is 0 Å². The van der Waals surface area contributed by atoms with Crippen LogP contribution in [0.4, 0.5) is 0 Å². The van der Waals surface area contributed by atoms with Crippen molar-refractivity contribution in [2.24, 2.45) is 0 Å². The number of rotatable bonds is 53. The van der Waals surface area contributed by atoms with Gasteiger partial charge in [-0.2, -0.15) is 0 Å². The molecule has 92 heavy (non-hydrogen) atoms. The number of esters is 3. The van der Waals surface area contributed by atoms with Crippen molar-refractivity contribution < 1.29 is 117 Å². The molecule has 0 spiro atoms. The molecular formula is C67H121O24P. The zero-order valence-corrected chi connectivity index (χ0v) is 56.5. The van der Waals surface area contributed by atoms with Gasteiger partial charge in [0.15, 0.2) is 18.7 Å². The first-order valence-electron chi connectivity index (χ1n) is 35.1. The summed E-state index contributed by atoms with van der Waals surface area (Å²) in [6, 6.07) is 0. The molecule has 0 amide bonds. The molecule has 25 heteroatoms. The summed E-state index contributed by atoms with van der Waals surface area (Å²) in [6.07, 6.45) is 7.19. The molecule has 0 aromatic heterocycles. The molecule has 1 aliphatic carbocycles. The lowest BCUT2D eigenvalue weighted by molar-refractivity contribution is -0.360. The average Bonchev–Trinajstić information content (AvgIpc) is 0.772. The molecule has 24 nitrogen and oxygen atoms in total. The molecule has 2 saturated heterocycles. The maximum atomic E-state index is 14.3. The maximum absolute atomic E-state index is 14.3. The van der Waals surface area contributed by atoms with Gasteiger partial charge in [0, 0.05) is 19.3 Å². The minimum atomic E-state index is -5.69. The Hall–Kier alpha value is -2.56. The van der Waals surface area contributed by atoms with Crippen LogP contribution in [0.3, 0.4) is 0 Å². The van der Waals surface area contributed by atoms with Gasteiger partial charge in [-0.25, -0.2) is 4.57 Å². The van der Waals surface area contributed by atoms with Crippen LogP contribution in [-0.4, -0.2) is 204 Å². The van der Waals surface area contributed by atoms with Gasteiger partial charge in [0.1, 0.15) is 98.7 Å². The van der Waals surface area contributed by atoms with E-state index >= 15 is 0 Å². The molecule has 0 aromatic rings. The number of phosphoric acid groups is 1. The van der Waals surface area contributed by atoms with Gasteiger partial charge in [-0.15, -0.1) is 0 Å². The number of aliphatic hydroxyl groups excluding tert-OH is 10. The standard InChI is InChI=1S/C67H121O24P/c1-4-7-10-13-16-19-22-24-27-30-33-36-39-42-52(70)84-47-50-55(73)57(75)62(80)67(88-50)90-64-60(78)58(76)59(77)63(89-66-61(79)56(74)54(72)49(44-68)87-66)65(64)91-92(81,82)85-46-48(45-83-51(69)41-38-35-32-29-26-21-18-15-12-9-6-3)86-53(71)43-40-37-34-31-28-25-23-20-17-14-11-8-5-2/h24-25,27-28,48-50,54-68,72-80H,4-23,26,29-47H2,1-3H3,(H,81,82)/b27-24-,28-25-. The second kappa shape index (κ2) is 49.9. The van der Waals surface area contributed by atoms with Crippen molar-refractivity contribution in [2.75, 3.05) is 26.4 Å². The van der Waals surface area contributed by atoms with E-state index in [1.807, 2.05) is 0 Å². The van der Waals surface area contributed by atoms with Gasteiger partial charge in [0.25, 0.3) is 0 Å². The summed E-state index contributed by atoms with van der Waals surface area (Å²) in [5.41, 5.74) is 0. The largest absolute Gasteiger partial charge is 0.472 e. The molecule has 3 fully saturated rings. The van der Waals surface area contributed by atoms with Gasteiger partial charge in [-0.1, -0.05) is 186 Å². The van der Waals surface area contributed by atoms with Crippen molar-refractivity contribution in [3.05, 3.63) is 24.3 Å². The van der Waals surface area contributed by atoms with Gasteiger partial charge in [0.05, 0.1) is 13.2 Å². The minimum Gasteiger partial charge on any atom is -0.463 e. The summed E-state index contributed by atoms with van der Waals surface area (Å²) in [5, 5.41) is 110. The first kappa shape index (κ1) is 83.7. The third-order valence-electron chi connectivity index (χ3n) is 17.2. The lowest BCUT2D eigenvalue weighted by Gasteiger charge is -2.49. The third-order valence-corrected chi connectivity index (χ3v) is 18.2. The van der Waals surface area contributed by atoms with Crippen molar-refractivity contribution >= 4 is 25.7 Å². The predicted octanol–water partition coefficient (Wildman–Crippen LogP) is 8.18. The molecular weight excluding hydrogens is 1220 g/mol. The third kappa shape index (κ3) is 33.6. The maximum Gasteiger partial charge on any atom is 0.472 e. The Balaban J connectivity index is 1.77. The number of phosphoric ester groups is 1. The van der Waals surface area contributed by atoms with Gasteiger partial charge < -0.3 is 89.1 Å². The summed E-state index contributed by atoms with van der Waals surface area (Å²) in [7, 11) is -5.69. The van der Waals surface area contributed by atoms with E-state index in [-0.39, 0.29) is 19.3 Å². The van der Waals surface area contributed by atoms with Crippen LogP contribution in [0.1, 0.15) is 252 Å². The second-order valence-electron chi connectivity index (χ2n) is 25.2. The zero-order valence-electron chi connectivity index (χ0n) is 55.6. The van der Waals surface area contributed by atoms with E-state index in [0.717, 1.165) is 89.9 Å². The number of carbonyl (C=O) groups is 3. The molecule has 18 atom stereocenters. The van der Waals surface area contributed by atoms with E-state index in [1.54, 1.807) is 0 Å². The zero-order chi connectivity index (χ0) is 67.5. The van der Waals surface area contributed by atoms with E-state index in [9.17, 15) is 74.9 Å². The molecule has 0 bridgehead atoms. The number of hydrogen-bond donors (Lipinski definition) is 11. The van der Waals surface area contributed by atoms with Crippen LogP contribution in [0.2, 0.25) is 0 Å². The van der Waals surface area contributed by atoms with Gasteiger partial charge >= 0.3 is 25.7 Å². The SMILES string of the molecule is CCCCCCCC/C=C\CCCCCC(=O)OCC1OC(OC2C(O)C(O)C(O)C(OC3OC(CO)C(O)C(O)C3O)C2OP(=O)(O)OCC(COC(=O)CCCCCCCCCCCCC)OC(=O)CCCCC/C=C\CCCCCCCC)C(O)C(O)C1O. The number of allylic oxidation sites excluding steroid dienone is 4. The van der Waals surface area contributed by atoms with Crippen LogP contribution in [-0.2, 0) is 61.2 Å². The fourth-order valence-corrected chi connectivity index (χ4v) is 12.4. The molecule has 18 unspecified atom stereocenters. The first-order chi connectivity index (χ1) is 44.3. The highest BCUT2D eigenvalue weighted by Crippen LogP contribution is 2.49. The van der Waals surface area contributed by atoms with Crippen molar-refractivity contribution in [3.8, 4) is 0 Å². The molecule has 3 rings (SSSR count). The quantitative estimate of drug-likeness (QED) is 0.00898. The Bertz CT molecular complexity index is 2020. The van der Waals surface area contributed by atoms with Crippen molar-refractivity contribution in [2.45, 2.75) is 356 Å². The predicted molar refractivity (Wildman–Crippen MR) is 342 cm³/mol. The topological polar surface area (TPSA) is 374 Å². The fraction of sp³-hybridized carbons (Fsp3) is 0.896. The number of hydrogen-bond acceptors (Lipinski definition) is 23. The van der Waals surface area contributed by atoms with Crippen LogP contribution < -0.4 is 0 Å². The van der Waals surface area contributed by atoms with E-state index < -0.39 is 156 Å². The van der Waals surface area contributed by atoms with Gasteiger partial charge in [-0.05, 0) is 70.6 Å². The summed E-state index contributed by atoms with van der Waals surface area (Å²) >= 11 is 0. The van der Waals surface area contributed by atoms with Crippen molar-refractivity contribution in [3.63, 3.8) is 0 Å². The first-order valence-corrected chi connectivity index (χ1v) is 36.6. The molecule has 538 valence electrons. The summed E-state index contributed by atoms with van der Waals surface area (Å²) < 4.78 is 64.7. The van der Waals surface area contributed by atoms with E-state index in [4.69, 9.17) is 42.2 Å². The molecule has 11 N–H and O–H groups in total. The number of aliphatic hydroxyl groups is 10. The number of unbranched alkanes of at least 4 members (excludes halogenated alkanes) is 28. The minimum absolute atomic E-state index is 0.00744. The number of carbonyl (C=O) groups excluding carboxylic acids is 3. The Morgan fingerprint density at radius 3 is 1.18 bits per heavy atom. The summed E-state index contributed by atoms with van der Waals surface area (Å²) in [5.74, 6) is -2.03. The Kier molecular flexibility index (Phi) is 45.4. The Morgan fingerprint density at radius 1 is 0.413 bits per heavy atom. The average molecular weight is 1340 g/mol. The monoisotopic (exact) mass is 1340 g/mol. The highest BCUT2D eigenvalue weighted by Gasteiger charge is 2.58. The molecule has 1 saturated carbocycles. The smallest absolute Gasteiger partial charge is 0.463 e. The normalized spacial score (nSPS) is 28.8. The highest BCUT2D eigenvalue weighted by molar-refractivity contribution is 7.47. The lowest BCUT2D eigenvalue weighted by Crippen LogP contribution is -2.69. The molecule has 0 radical (unpaired) electrons. The van der Waals surface area contributed by atoms with Crippen LogP contribution in [0.15, 0.2) is 24.3 Å². The van der Waals surface area contributed by atoms with Crippen LogP contribution in [0.5, 0.6) is 0 Å². The van der Waals surface area contributed by atoms with Crippen molar-refractivity contribution in [1.29, 1.82) is 0 Å². The summed E-state index contributed by atoms with van der Waals surface area (Å²) in [4.78, 5) is 50.7. The molecule has 2 heterocycles. The van der Waals surface area contributed by atoms with E-state index in [0.29, 0.717) is 25.7 Å². The molecule has 0 aromatic carbocycles. The van der Waals surface area contributed by atoms with Crippen LogP contribution >= 0.6 is 7.82 Å². The van der Waals surface area contributed by atoms with Gasteiger partial charge in [-0.3, -0.25) is 23.4 Å². The molecule has 3 aliphatic rings. The lowest BCUT2D eigenvalue weighted by atomic mass is 9.84. The Morgan fingerprint density at radius 2 is 0.761 bits per heavy atom. The number of ether oxygens (including phenoxy) is 7. The highest BCUT2D eigenvalue weighted by atomic mass is 31.2. The van der Waals surface area contributed by atoms with Gasteiger partial charge in [0.2, 0.25) is 0 Å². The Labute approximate surface area is 547 Å². The van der Waals surface area contributed by atoms with Crippen LogP contribution in [0.25, 0.3) is 0 Å². The second-order valence-corrected chi connectivity index (χ2v) is 26.6. The fourth-order valence-electron chi connectivity index (χ4n) is 11.4. The van der Waals surface area contributed by atoms with E-state index in [2.05, 4.69) is 45.1 Å².